The van der Waals surface area contributed by atoms with Crippen LogP contribution in [0.15, 0.2) is 36.4 Å². The maximum absolute atomic E-state index is 13.2. The Balaban J connectivity index is 2.81. The monoisotopic (exact) mass is 251 g/mol. The van der Waals surface area contributed by atoms with E-state index in [0.717, 1.165) is 5.39 Å². The smallest absolute Gasteiger partial charge is 0.260 e. The third-order valence-corrected chi connectivity index (χ3v) is 3.10. The van der Waals surface area contributed by atoms with E-state index in [-0.39, 0.29) is 0 Å². The number of ether oxygens (including phenoxy) is 1. The van der Waals surface area contributed by atoms with E-state index in [0.29, 0.717) is 16.7 Å². The van der Waals surface area contributed by atoms with Gasteiger partial charge in [0.05, 0.1) is 7.11 Å². The highest BCUT2D eigenvalue weighted by Gasteiger charge is 2.36. The van der Waals surface area contributed by atoms with Crippen molar-refractivity contribution in [3.63, 3.8) is 0 Å². The second kappa shape index (κ2) is 4.53. The molecule has 0 radical (unpaired) electrons. The molecule has 0 saturated carbocycles. The van der Waals surface area contributed by atoms with Gasteiger partial charge in [-0.05, 0) is 23.8 Å². The van der Waals surface area contributed by atoms with Crippen molar-refractivity contribution in [2.24, 2.45) is 5.73 Å². The van der Waals surface area contributed by atoms with Crippen molar-refractivity contribution >= 4 is 10.8 Å². The lowest BCUT2D eigenvalue weighted by molar-refractivity contribution is 0.0619. The molecular formula is C14H15F2NO. The van der Waals surface area contributed by atoms with Gasteiger partial charge in [-0.1, -0.05) is 30.3 Å². The number of hydrogen-bond acceptors (Lipinski definition) is 2. The molecule has 0 aliphatic carbocycles. The maximum Gasteiger partial charge on any atom is 0.260 e. The van der Waals surface area contributed by atoms with Gasteiger partial charge in [0.1, 0.15) is 11.3 Å². The lowest BCUT2D eigenvalue weighted by Crippen LogP contribution is -2.41. The molecule has 0 bridgehead atoms. The first-order chi connectivity index (χ1) is 8.48. The Bertz CT molecular complexity index is 567. The SMILES string of the molecule is COc1ccc2ccccc2c1C(C)(N)C(F)F. The van der Waals surface area contributed by atoms with Crippen LogP contribution in [0.3, 0.4) is 0 Å². The minimum atomic E-state index is -2.67. The van der Waals surface area contributed by atoms with Crippen LogP contribution >= 0.6 is 0 Å². The molecule has 0 aliphatic rings. The van der Waals surface area contributed by atoms with E-state index in [1.807, 2.05) is 18.2 Å². The van der Waals surface area contributed by atoms with Gasteiger partial charge in [-0.2, -0.15) is 0 Å². The molecule has 0 spiro atoms. The summed E-state index contributed by atoms with van der Waals surface area (Å²) in [5, 5.41) is 1.56. The molecule has 18 heavy (non-hydrogen) atoms. The molecule has 0 saturated heterocycles. The van der Waals surface area contributed by atoms with Crippen molar-refractivity contribution in [1.29, 1.82) is 0 Å². The minimum Gasteiger partial charge on any atom is -0.496 e. The maximum atomic E-state index is 13.2. The van der Waals surface area contributed by atoms with Crippen LogP contribution in [-0.2, 0) is 5.54 Å². The normalized spacial score (nSPS) is 14.8. The largest absolute Gasteiger partial charge is 0.496 e. The van der Waals surface area contributed by atoms with Gasteiger partial charge in [-0.15, -0.1) is 0 Å². The summed E-state index contributed by atoms with van der Waals surface area (Å²) in [6.45, 7) is 1.32. The summed E-state index contributed by atoms with van der Waals surface area (Å²) in [5.41, 5.74) is 4.39. The first kappa shape index (κ1) is 12.8. The van der Waals surface area contributed by atoms with Crippen molar-refractivity contribution in [2.75, 3.05) is 7.11 Å². The fourth-order valence-corrected chi connectivity index (χ4v) is 2.09. The van der Waals surface area contributed by atoms with Crippen molar-refractivity contribution in [1.82, 2.24) is 0 Å². The molecule has 0 aromatic heterocycles. The lowest BCUT2D eigenvalue weighted by Gasteiger charge is -2.27. The summed E-state index contributed by atoms with van der Waals surface area (Å²) in [7, 11) is 1.45. The first-order valence-electron chi connectivity index (χ1n) is 5.61. The molecule has 1 unspecified atom stereocenters. The topological polar surface area (TPSA) is 35.2 Å². The molecule has 4 heteroatoms. The highest BCUT2D eigenvalue weighted by molar-refractivity contribution is 5.88. The molecule has 96 valence electrons. The zero-order valence-electron chi connectivity index (χ0n) is 10.3. The van der Waals surface area contributed by atoms with Gasteiger partial charge >= 0.3 is 0 Å². The van der Waals surface area contributed by atoms with Crippen LogP contribution in [0.4, 0.5) is 8.78 Å². The third-order valence-electron chi connectivity index (χ3n) is 3.10. The number of hydrogen-bond donors (Lipinski definition) is 1. The van der Waals surface area contributed by atoms with E-state index in [1.54, 1.807) is 18.2 Å². The second-order valence-corrected chi connectivity index (χ2v) is 4.45. The number of alkyl halides is 2. The van der Waals surface area contributed by atoms with Gasteiger partial charge in [-0.25, -0.2) is 8.78 Å². The highest BCUT2D eigenvalue weighted by Crippen LogP contribution is 2.38. The van der Waals surface area contributed by atoms with Crippen molar-refractivity contribution < 1.29 is 13.5 Å². The zero-order valence-corrected chi connectivity index (χ0v) is 10.3. The quantitative estimate of drug-likeness (QED) is 0.908. The predicted octanol–water partition coefficient (Wildman–Crippen LogP) is 3.29. The Morgan fingerprint density at radius 3 is 2.44 bits per heavy atom. The molecule has 2 aromatic rings. The number of rotatable bonds is 3. The van der Waals surface area contributed by atoms with Crippen LogP contribution in [0.1, 0.15) is 12.5 Å². The Morgan fingerprint density at radius 2 is 1.83 bits per heavy atom. The second-order valence-electron chi connectivity index (χ2n) is 4.45. The van der Waals surface area contributed by atoms with E-state index in [2.05, 4.69) is 0 Å². The summed E-state index contributed by atoms with van der Waals surface area (Å²) in [5.74, 6) is 0.388. The van der Waals surface area contributed by atoms with Crippen molar-refractivity contribution in [2.45, 2.75) is 18.9 Å². The standard InChI is InChI=1S/C14H15F2NO/c1-14(17,13(15)16)12-10-6-4-3-5-9(10)7-8-11(12)18-2/h3-8,13H,17H2,1-2H3. The zero-order chi connectivity index (χ0) is 13.3. The number of fused-ring (bicyclic) bond motifs is 1. The Kier molecular flexibility index (Phi) is 3.22. The molecule has 0 amide bonds. The first-order valence-corrected chi connectivity index (χ1v) is 5.61. The summed E-state index contributed by atoms with van der Waals surface area (Å²) >= 11 is 0. The molecule has 2 nitrogen and oxygen atoms in total. The third kappa shape index (κ3) is 1.93. The fourth-order valence-electron chi connectivity index (χ4n) is 2.09. The van der Waals surface area contributed by atoms with Crippen LogP contribution in [0.5, 0.6) is 5.75 Å². The van der Waals surface area contributed by atoms with E-state index >= 15 is 0 Å². The van der Waals surface area contributed by atoms with Gasteiger partial charge in [-0.3, -0.25) is 0 Å². The Labute approximate surface area is 104 Å². The minimum absolute atomic E-state index is 0.345. The van der Waals surface area contributed by atoms with E-state index < -0.39 is 12.0 Å². The molecule has 0 fully saturated rings. The molecule has 0 heterocycles. The molecule has 2 rings (SSSR count). The van der Waals surface area contributed by atoms with Gasteiger partial charge in [0, 0.05) is 5.56 Å². The summed E-state index contributed by atoms with van der Waals surface area (Å²) < 4.78 is 31.5. The Hall–Kier alpha value is -1.68. The van der Waals surface area contributed by atoms with Crippen LogP contribution in [0, 0.1) is 0 Å². The highest BCUT2D eigenvalue weighted by atomic mass is 19.3. The fraction of sp³-hybridized carbons (Fsp3) is 0.286. The van der Waals surface area contributed by atoms with Crippen molar-refractivity contribution in [3.05, 3.63) is 42.0 Å². The average Bonchev–Trinajstić information content (AvgIpc) is 2.36. The molecule has 0 aliphatic heterocycles. The molecule has 1 atom stereocenters. The van der Waals surface area contributed by atoms with Crippen LogP contribution in [0.2, 0.25) is 0 Å². The number of nitrogens with two attached hydrogens (primary N) is 1. The van der Waals surface area contributed by atoms with Crippen LogP contribution in [0.25, 0.3) is 10.8 Å². The van der Waals surface area contributed by atoms with Crippen molar-refractivity contribution in [3.8, 4) is 5.75 Å². The number of methoxy groups -OCH3 is 1. The summed E-state index contributed by atoms with van der Waals surface area (Å²) in [6, 6.07) is 10.8. The van der Waals surface area contributed by atoms with Crippen LogP contribution < -0.4 is 10.5 Å². The Morgan fingerprint density at radius 1 is 1.17 bits per heavy atom. The average molecular weight is 251 g/mol. The van der Waals surface area contributed by atoms with Crippen LogP contribution in [-0.4, -0.2) is 13.5 Å². The predicted molar refractivity (Wildman–Crippen MR) is 68.0 cm³/mol. The van der Waals surface area contributed by atoms with E-state index in [4.69, 9.17) is 10.5 Å². The van der Waals surface area contributed by atoms with Gasteiger partial charge in [0.2, 0.25) is 0 Å². The molecular weight excluding hydrogens is 236 g/mol. The molecule has 2 N–H and O–H groups in total. The number of benzene rings is 2. The number of halogens is 2. The van der Waals surface area contributed by atoms with Gasteiger partial charge < -0.3 is 10.5 Å². The van der Waals surface area contributed by atoms with Gasteiger partial charge in [0.15, 0.2) is 0 Å². The van der Waals surface area contributed by atoms with E-state index in [9.17, 15) is 8.78 Å². The van der Waals surface area contributed by atoms with E-state index in [1.165, 1.54) is 14.0 Å². The molecule has 2 aromatic carbocycles. The summed E-state index contributed by atoms with van der Waals surface area (Å²) in [6.07, 6.45) is -2.67. The lowest BCUT2D eigenvalue weighted by atomic mass is 9.88. The van der Waals surface area contributed by atoms with Gasteiger partial charge in [0.25, 0.3) is 6.43 Å². The summed E-state index contributed by atoms with van der Waals surface area (Å²) in [4.78, 5) is 0.